The Morgan fingerprint density at radius 3 is 2.46 bits per heavy atom. The first-order valence-corrected chi connectivity index (χ1v) is 8.56. The molecule has 2 heterocycles. The van der Waals surface area contributed by atoms with Crippen molar-refractivity contribution in [2.24, 2.45) is 0 Å². The molecule has 0 unspecified atom stereocenters. The molecule has 4 nitrogen and oxygen atoms in total. The summed E-state index contributed by atoms with van der Waals surface area (Å²) in [7, 11) is 0. The number of aromatic nitrogens is 1. The topological polar surface area (TPSA) is 36.4 Å². The summed E-state index contributed by atoms with van der Waals surface area (Å²) in [5, 5.41) is 0.406. The van der Waals surface area contributed by atoms with Crippen LogP contribution in [0.1, 0.15) is 22.3 Å². The number of amides is 1. The Labute approximate surface area is 154 Å². The van der Waals surface area contributed by atoms with E-state index in [2.05, 4.69) is 4.98 Å². The number of alkyl halides is 3. The Hall–Kier alpha value is -2.28. The highest BCUT2D eigenvalue weighted by molar-refractivity contribution is 6.33. The largest absolute Gasteiger partial charge is 0.417 e. The molecule has 0 bridgehead atoms. The lowest BCUT2D eigenvalue weighted by Gasteiger charge is -2.23. The smallest absolute Gasteiger partial charge is 0.355 e. The first-order chi connectivity index (χ1) is 12.4. The van der Waals surface area contributed by atoms with E-state index in [1.54, 1.807) is 29.2 Å². The summed E-state index contributed by atoms with van der Waals surface area (Å²) >= 11 is 6.10. The zero-order valence-electron chi connectivity index (χ0n) is 13.8. The lowest BCUT2D eigenvalue weighted by molar-refractivity contribution is -0.137. The molecule has 1 saturated heterocycles. The van der Waals surface area contributed by atoms with Crippen LogP contribution >= 0.6 is 11.6 Å². The fourth-order valence-corrected chi connectivity index (χ4v) is 3.11. The van der Waals surface area contributed by atoms with Gasteiger partial charge in [-0.05, 0) is 30.7 Å². The molecule has 1 fully saturated rings. The second-order valence-electron chi connectivity index (χ2n) is 6.02. The van der Waals surface area contributed by atoms with Crippen LogP contribution in [0.25, 0.3) is 0 Å². The molecule has 0 N–H and O–H groups in total. The minimum Gasteiger partial charge on any atom is -0.355 e. The molecule has 0 spiro atoms. The monoisotopic (exact) mass is 383 g/mol. The number of carbonyl (C=O) groups is 1. The molecule has 26 heavy (non-hydrogen) atoms. The van der Waals surface area contributed by atoms with Crippen LogP contribution in [0.2, 0.25) is 5.02 Å². The lowest BCUT2D eigenvalue weighted by Crippen LogP contribution is -2.35. The van der Waals surface area contributed by atoms with Gasteiger partial charge in [-0.1, -0.05) is 23.7 Å². The van der Waals surface area contributed by atoms with Gasteiger partial charge in [0.05, 0.1) is 16.1 Å². The Morgan fingerprint density at radius 2 is 1.81 bits per heavy atom. The van der Waals surface area contributed by atoms with E-state index in [4.69, 9.17) is 11.6 Å². The average molecular weight is 384 g/mol. The third kappa shape index (κ3) is 4.09. The number of pyridine rings is 1. The van der Waals surface area contributed by atoms with Crippen molar-refractivity contribution < 1.29 is 18.0 Å². The van der Waals surface area contributed by atoms with Gasteiger partial charge >= 0.3 is 6.18 Å². The Balaban J connectivity index is 1.68. The number of hydrogen-bond acceptors (Lipinski definition) is 3. The van der Waals surface area contributed by atoms with E-state index in [1.165, 1.54) is 6.07 Å². The maximum Gasteiger partial charge on any atom is 0.417 e. The molecule has 2 aromatic rings. The molecule has 1 amide bonds. The van der Waals surface area contributed by atoms with Crippen LogP contribution in [0.5, 0.6) is 0 Å². The van der Waals surface area contributed by atoms with Crippen molar-refractivity contribution >= 4 is 23.3 Å². The first kappa shape index (κ1) is 18.5. The van der Waals surface area contributed by atoms with Crippen molar-refractivity contribution in [2.75, 3.05) is 31.1 Å². The molecular formula is C18H17ClF3N3O. The number of hydrogen-bond donors (Lipinski definition) is 0. The standard InChI is InChI=1S/C18H17ClF3N3O/c19-15-5-2-1-4-14(15)17(26)25-9-3-8-24(10-11-25)16-7-6-13(12-23-16)18(20,21)22/h1-2,4-7,12H,3,8-11H2. The third-order valence-electron chi connectivity index (χ3n) is 4.29. The van der Waals surface area contributed by atoms with Gasteiger partial charge in [-0.2, -0.15) is 13.2 Å². The second-order valence-corrected chi connectivity index (χ2v) is 6.42. The molecule has 8 heteroatoms. The third-order valence-corrected chi connectivity index (χ3v) is 4.62. The number of halogens is 4. The van der Waals surface area contributed by atoms with E-state index in [9.17, 15) is 18.0 Å². The van der Waals surface area contributed by atoms with E-state index in [1.807, 2.05) is 4.90 Å². The fraction of sp³-hybridized carbons (Fsp3) is 0.333. The summed E-state index contributed by atoms with van der Waals surface area (Å²) in [6.45, 7) is 2.12. The Bertz CT molecular complexity index is 780. The van der Waals surface area contributed by atoms with Crippen molar-refractivity contribution in [3.8, 4) is 0 Å². The zero-order valence-corrected chi connectivity index (χ0v) is 14.6. The van der Waals surface area contributed by atoms with Crippen molar-refractivity contribution in [1.29, 1.82) is 0 Å². The molecule has 0 radical (unpaired) electrons. The van der Waals surface area contributed by atoms with Crippen LogP contribution in [-0.4, -0.2) is 42.0 Å². The molecule has 1 aromatic carbocycles. The molecule has 0 saturated carbocycles. The summed E-state index contributed by atoms with van der Waals surface area (Å²) in [5.41, 5.74) is -0.318. The fourth-order valence-electron chi connectivity index (χ4n) is 2.90. The van der Waals surface area contributed by atoms with Crippen molar-refractivity contribution in [3.05, 3.63) is 58.7 Å². The van der Waals surface area contributed by atoms with Gasteiger partial charge < -0.3 is 9.80 Å². The molecule has 0 atom stereocenters. The van der Waals surface area contributed by atoms with Crippen LogP contribution in [0.15, 0.2) is 42.6 Å². The predicted octanol–water partition coefficient (Wildman–Crippen LogP) is 4.11. The van der Waals surface area contributed by atoms with E-state index in [0.717, 1.165) is 12.3 Å². The summed E-state index contributed by atoms with van der Waals surface area (Å²) in [6, 6.07) is 9.28. The lowest BCUT2D eigenvalue weighted by atomic mass is 10.2. The van der Waals surface area contributed by atoms with Crippen LogP contribution in [0.3, 0.4) is 0 Å². The molecule has 1 aromatic heterocycles. The number of anilines is 1. The SMILES string of the molecule is O=C(c1ccccc1Cl)N1CCCN(c2ccc(C(F)(F)F)cn2)CC1. The van der Waals surface area contributed by atoms with Gasteiger partial charge in [0, 0.05) is 32.4 Å². The summed E-state index contributed by atoms with van der Waals surface area (Å²) < 4.78 is 38.0. The highest BCUT2D eigenvalue weighted by Crippen LogP contribution is 2.29. The molecule has 138 valence electrons. The number of benzene rings is 1. The van der Waals surface area contributed by atoms with Gasteiger partial charge in [0.25, 0.3) is 5.91 Å². The van der Waals surface area contributed by atoms with Gasteiger partial charge in [-0.15, -0.1) is 0 Å². The average Bonchev–Trinajstić information content (AvgIpc) is 2.87. The maximum absolute atomic E-state index is 12.7. The first-order valence-electron chi connectivity index (χ1n) is 8.18. The van der Waals surface area contributed by atoms with Crippen molar-refractivity contribution in [2.45, 2.75) is 12.6 Å². The van der Waals surface area contributed by atoms with Crippen LogP contribution in [0.4, 0.5) is 19.0 Å². The quantitative estimate of drug-likeness (QED) is 0.783. The summed E-state index contributed by atoms with van der Waals surface area (Å²) in [4.78, 5) is 20.2. The summed E-state index contributed by atoms with van der Waals surface area (Å²) in [5.74, 6) is 0.336. The highest BCUT2D eigenvalue weighted by atomic mass is 35.5. The molecule has 1 aliphatic heterocycles. The van der Waals surface area contributed by atoms with Gasteiger partial charge in [0.1, 0.15) is 5.82 Å². The number of rotatable bonds is 2. The Morgan fingerprint density at radius 1 is 1.04 bits per heavy atom. The maximum atomic E-state index is 12.7. The second kappa shape index (κ2) is 7.53. The van der Waals surface area contributed by atoms with E-state index in [-0.39, 0.29) is 5.91 Å². The van der Waals surface area contributed by atoms with Crippen LogP contribution in [0, 0.1) is 0 Å². The molecule has 3 rings (SSSR count). The van der Waals surface area contributed by atoms with E-state index < -0.39 is 11.7 Å². The summed E-state index contributed by atoms with van der Waals surface area (Å²) in [6.07, 6.45) is -2.87. The van der Waals surface area contributed by atoms with E-state index in [0.29, 0.717) is 49.0 Å². The normalized spacial score (nSPS) is 15.7. The number of carbonyl (C=O) groups excluding carboxylic acids is 1. The number of nitrogens with zero attached hydrogens (tertiary/aromatic N) is 3. The highest BCUT2D eigenvalue weighted by Gasteiger charge is 2.31. The molecule has 0 aliphatic carbocycles. The van der Waals surface area contributed by atoms with Crippen LogP contribution in [-0.2, 0) is 6.18 Å². The van der Waals surface area contributed by atoms with Crippen LogP contribution < -0.4 is 4.90 Å². The molecular weight excluding hydrogens is 367 g/mol. The van der Waals surface area contributed by atoms with Crippen molar-refractivity contribution in [1.82, 2.24) is 9.88 Å². The molecule has 1 aliphatic rings. The minimum absolute atomic E-state index is 0.141. The van der Waals surface area contributed by atoms with Crippen molar-refractivity contribution in [3.63, 3.8) is 0 Å². The van der Waals surface area contributed by atoms with Gasteiger partial charge in [0.2, 0.25) is 0 Å². The Kier molecular flexibility index (Phi) is 5.36. The van der Waals surface area contributed by atoms with Gasteiger partial charge in [-0.3, -0.25) is 4.79 Å². The minimum atomic E-state index is -4.40. The van der Waals surface area contributed by atoms with E-state index >= 15 is 0 Å². The van der Waals surface area contributed by atoms with Gasteiger partial charge in [-0.25, -0.2) is 4.98 Å². The zero-order chi connectivity index (χ0) is 18.7. The predicted molar refractivity (Wildman–Crippen MR) is 93.4 cm³/mol. The van der Waals surface area contributed by atoms with Gasteiger partial charge in [0.15, 0.2) is 0 Å².